The second-order valence-electron chi connectivity index (χ2n) is 10.0. The summed E-state index contributed by atoms with van der Waals surface area (Å²) in [7, 11) is 0. The molecule has 2 unspecified atom stereocenters. The first kappa shape index (κ1) is 30.1. The number of rotatable bonds is 9. The number of halogens is 2. The standard InChI is InChI=1S/C31H35Cl2N5O4/c1-3-41-26-19-27(42-4-2)34-20-25(26)30-35-28(21-5-9-23(32)10-6-21)29(22-7-11-24(33)12-8-22)38(30)31(40)37-15-13-36(14-16-37)17-18-39/h5-12,19-20,28-29,39H,3-4,13-18H2,1-2H3. The highest BCUT2D eigenvalue weighted by Crippen LogP contribution is 2.45. The van der Waals surface area contributed by atoms with Crippen LogP contribution in [0.3, 0.4) is 0 Å². The number of nitrogens with zero attached hydrogens (tertiary/aromatic N) is 5. The summed E-state index contributed by atoms with van der Waals surface area (Å²) < 4.78 is 11.7. The lowest BCUT2D eigenvalue weighted by atomic mass is 9.93. The molecule has 3 aromatic rings. The second-order valence-corrected chi connectivity index (χ2v) is 10.9. The zero-order valence-corrected chi connectivity index (χ0v) is 25.3. The second kappa shape index (κ2) is 13.7. The van der Waals surface area contributed by atoms with Crippen molar-refractivity contribution in [1.82, 2.24) is 19.7 Å². The molecule has 222 valence electrons. The number of amidine groups is 1. The van der Waals surface area contributed by atoms with E-state index >= 15 is 0 Å². The van der Waals surface area contributed by atoms with Gasteiger partial charge in [-0.05, 0) is 49.2 Å². The van der Waals surface area contributed by atoms with Crippen molar-refractivity contribution >= 4 is 35.1 Å². The molecule has 0 aliphatic carbocycles. The Labute approximate surface area is 256 Å². The quantitative estimate of drug-likeness (QED) is 0.345. The molecule has 1 fully saturated rings. The van der Waals surface area contributed by atoms with Crippen molar-refractivity contribution in [3.05, 3.63) is 87.5 Å². The van der Waals surface area contributed by atoms with Crippen molar-refractivity contribution in [3.63, 3.8) is 0 Å². The maximum Gasteiger partial charge on any atom is 0.326 e. The van der Waals surface area contributed by atoms with Crippen molar-refractivity contribution in [3.8, 4) is 11.6 Å². The number of aliphatic hydroxyl groups is 1. The summed E-state index contributed by atoms with van der Waals surface area (Å²) in [5, 5.41) is 10.6. The van der Waals surface area contributed by atoms with Crippen LogP contribution >= 0.6 is 23.2 Å². The Morgan fingerprint density at radius 3 is 2.14 bits per heavy atom. The summed E-state index contributed by atoms with van der Waals surface area (Å²) in [6.07, 6.45) is 1.66. The molecule has 1 aromatic heterocycles. The van der Waals surface area contributed by atoms with E-state index in [9.17, 15) is 9.90 Å². The average molecular weight is 613 g/mol. The number of aliphatic hydroxyl groups excluding tert-OH is 1. The minimum Gasteiger partial charge on any atom is -0.493 e. The van der Waals surface area contributed by atoms with Crippen LogP contribution < -0.4 is 9.47 Å². The summed E-state index contributed by atoms with van der Waals surface area (Å²) in [4.78, 5) is 30.0. The van der Waals surface area contributed by atoms with Crippen LogP contribution in [0.2, 0.25) is 10.0 Å². The molecule has 2 atom stereocenters. The van der Waals surface area contributed by atoms with Crippen molar-refractivity contribution in [2.45, 2.75) is 25.9 Å². The first-order chi connectivity index (χ1) is 20.4. The van der Waals surface area contributed by atoms with Crippen LogP contribution in [0.15, 0.2) is 65.8 Å². The zero-order chi connectivity index (χ0) is 29.6. The van der Waals surface area contributed by atoms with Gasteiger partial charge in [0.05, 0.1) is 31.4 Å². The predicted octanol–water partition coefficient (Wildman–Crippen LogP) is 5.46. The van der Waals surface area contributed by atoms with Crippen LogP contribution in [0, 0.1) is 0 Å². The van der Waals surface area contributed by atoms with E-state index in [2.05, 4.69) is 9.88 Å². The molecule has 1 saturated heterocycles. The summed E-state index contributed by atoms with van der Waals surface area (Å²) in [5.41, 5.74) is 2.40. The van der Waals surface area contributed by atoms with Crippen molar-refractivity contribution in [2.75, 3.05) is 52.5 Å². The van der Waals surface area contributed by atoms with Gasteiger partial charge in [0.1, 0.15) is 17.6 Å². The molecule has 2 aliphatic rings. The van der Waals surface area contributed by atoms with Gasteiger partial charge >= 0.3 is 6.03 Å². The van der Waals surface area contributed by atoms with E-state index in [0.29, 0.717) is 79.0 Å². The molecule has 1 N–H and O–H groups in total. The first-order valence-corrected chi connectivity index (χ1v) is 14.9. The molecule has 2 amide bonds. The lowest BCUT2D eigenvalue weighted by molar-refractivity contribution is 0.108. The number of carbonyl (C=O) groups excluding carboxylic acids is 1. The number of aliphatic imine (C=N–C) groups is 1. The van der Waals surface area contributed by atoms with Gasteiger partial charge in [-0.1, -0.05) is 47.5 Å². The lowest BCUT2D eigenvalue weighted by Crippen LogP contribution is -2.54. The number of hydrogen-bond acceptors (Lipinski definition) is 7. The third kappa shape index (κ3) is 6.49. The summed E-state index contributed by atoms with van der Waals surface area (Å²) in [6, 6.07) is 15.8. The maximum atomic E-state index is 14.5. The van der Waals surface area contributed by atoms with Crippen LogP contribution in [0.5, 0.6) is 11.6 Å². The normalized spacial score (nSPS) is 19.1. The van der Waals surface area contributed by atoms with Crippen LogP contribution in [0.1, 0.15) is 42.6 Å². The number of benzene rings is 2. The smallest absolute Gasteiger partial charge is 0.326 e. The monoisotopic (exact) mass is 611 g/mol. The van der Waals surface area contributed by atoms with Gasteiger partial charge in [-0.25, -0.2) is 9.78 Å². The number of amides is 2. The van der Waals surface area contributed by atoms with Gasteiger partial charge < -0.3 is 19.5 Å². The highest BCUT2D eigenvalue weighted by Gasteiger charge is 2.45. The molecular formula is C31H35Cl2N5O4. The number of pyridine rings is 1. The van der Waals surface area contributed by atoms with Crippen molar-refractivity contribution in [1.29, 1.82) is 0 Å². The number of β-amino-alcohol motifs (C(OH)–C–C–N with tert-alkyl or cyclic N) is 1. The fourth-order valence-electron chi connectivity index (χ4n) is 5.40. The van der Waals surface area contributed by atoms with Gasteiger partial charge in [0, 0.05) is 55.0 Å². The van der Waals surface area contributed by atoms with Gasteiger partial charge in [-0.2, -0.15) is 0 Å². The molecule has 5 rings (SSSR count). The topological polar surface area (TPSA) is 90.7 Å². The van der Waals surface area contributed by atoms with E-state index < -0.39 is 12.1 Å². The maximum absolute atomic E-state index is 14.5. The molecule has 11 heteroatoms. The van der Waals surface area contributed by atoms with Gasteiger partial charge in [0.2, 0.25) is 5.88 Å². The molecule has 0 bridgehead atoms. The number of piperazine rings is 1. The summed E-state index contributed by atoms with van der Waals surface area (Å²) >= 11 is 12.5. The van der Waals surface area contributed by atoms with Crippen LogP contribution in [-0.4, -0.2) is 89.2 Å². The highest BCUT2D eigenvalue weighted by atomic mass is 35.5. The van der Waals surface area contributed by atoms with E-state index in [1.165, 1.54) is 0 Å². The molecule has 2 aliphatic heterocycles. The number of aromatic nitrogens is 1. The van der Waals surface area contributed by atoms with Crippen molar-refractivity contribution in [2.24, 2.45) is 4.99 Å². The zero-order valence-electron chi connectivity index (χ0n) is 23.7. The number of urea groups is 1. The minimum atomic E-state index is -0.470. The first-order valence-electron chi connectivity index (χ1n) is 14.2. The largest absolute Gasteiger partial charge is 0.493 e. The van der Waals surface area contributed by atoms with Crippen LogP contribution in [0.4, 0.5) is 4.79 Å². The molecule has 0 saturated carbocycles. The third-order valence-corrected chi connectivity index (χ3v) is 7.93. The Morgan fingerprint density at radius 2 is 1.55 bits per heavy atom. The number of ether oxygens (including phenoxy) is 2. The highest BCUT2D eigenvalue weighted by molar-refractivity contribution is 6.30. The summed E-state index contributed by atoms with van der Waals surface area (Å²) in [6.45, 7) is 7.75. The minimum absolute atomic E-state index is 0.0865. The molecule has 0 spiro atoms. The van der Waals surface area contributed by atoms with Gasteiger partial charge in [-0.15, -0.1) is 0 Å². The predicted molar refractivity (Wildman–Crippen MR) is 164 cm³/mol. The van der Waals surface area contributed by atoms with Gasteiger partial charge in [-0.3, -0.25) is 14.8 Å². The Kier molecular flexibility index (Phi) is 9.84. The fourth-order valence-corrected chi connectivity index (χ4v) is 5.65. The van der Waals surface area contributed by atoms with Crippen LogP contribution in [-0.2, 0) is 0 Å². The number of hydrogen-bond donors (Lipinski definition) is 1. The Balaban J connectivity index is 1.64. The Hall–Kier alpha value is -3.37. The Morgan fingerprint density at radius 1 is 0.929 bits per heavy atom. The fraction of sp³-hybridized carbons (Fsp3) is 0.387. The molecule has 3 heterocycles. The SMILES string of the molecule is CCOc1cc(OCC)c(C2=NC(c3ccc(Cl)cc3)C(c3ccc(Cl)cc3)N2C(=O)N2CCN(CCO)CC2)cn1. The van der Waals surface area contributed by atoms with Crippen molar-refractivity contribution < 1.29 is 19.4 Å². The van der Waals surface area contributed by atoms with Crippen LogP contribution in [0.25, 0.3) is 0 Å². The van der Waals surface area contributed by atoms with E-state index in [1.54, 1.807) is 17.2 Å². The molecule has 2 aromatic carbocycles. The van der Waals surface area contributed by atoms with E-state index in [0.717, 1.165) is 11.1 Å². The molecular weight excluding hydrogens is 577 g/mol. The van der Waals surface area contributed by atoms with E-state index in [1.807, 2.05) is 67.3 Å². The summed E-state index contributed by atoms with van der Waals surface area (Å²) in [5.74, 6) is 1.44. The van der Waals surface area contributed by atoms with E-state index in [4.69, 9.17) is 37.7 Å². The van der Waals surface area contributed by atoms with Gasteiger partial charge in [0.15, 0.2) is 0 Å². The molecule has 42 heavy (non-hydrogen) atoms. The Bertz CT molecular complexity index is 1400. The third-order valence-electron chi connectivity index (χ3n) is 7.43. The lowest BCUT2D eigenvalue weighted by Gasteiger charge is -2.39. The average Bonchev–Trinajstić information content (AvgIpc) is 3.39. The molecule has 9 nitrogen and oxygen atoms in total. The van der Waals surface area contributed by atoms with E-state index in [-0.39, 0.29) is 12.6 Å². The number of carbonyl (C=O) groups is 1. The van der Waals surface area contributed by atoms with Gasteiger partial charge in [0.25, 0.3) is 0 Å². The molecule has 0 radical (unpaired) electrons.